The Morgan fingerprint density at radius 2 is 2.00 bits per heavy atom. The second-order valence-electron chi connectivity index (χ2n) is 5.20. The number of aromatic nitrogens is 3. The smallest absolute Gasteiger partial charge is 0.255 e. The van der Waals surface area contributed by atoms with E-state index >= 15 is 0 Å². The SMILES string of the molecule is CC(C)C(=O)c1cnn2cc(-n3ccccc3=O)ccc12. The lowest BCUT2D eigenvalue weighted by Gasteiger charge is -2.06. The zero-order chi connectivity index (χ0) is 15.0. The molecule has 3 rings (SSSR count). The van der Waals surface area contributed by atoms with Crippen molar-refractivity contribution in [1.82, 2.24) is 14.2 Å². The fourth-order valence-corrected chi connectivity index (χ4v) is 2.26. The van der Waals surface area contributed by atoms with Crippen molar-refractivity contribution in [1.29, 1.82) is 0 Å². The largest absolute Gasteiger partial charge is 0.294 e. The molecule has 0 atom stereocenters. The molecule has 3 aromatic heterocycles. The third-order valence-corrected chi connectivity index (χ3v) is 3.39. The van der Waals surface area contributed by atoms with Crippen LogP contribution in [-0.2, 0) is 0 Å². The minimum atomic E-state index is -0.109. The number of fused-ring (bicyclic) bond motifs is 1. The molecule has 0 bridgehead atoms. The van der Waals surface area contributed by atoms with Crippen molar-refractivity contribution in [2.24, 2.45) is 5.92 Å². The number of rotatable bonds is 3. The van der Waals surface area contributed by atoms with Crippen LogP contribution < -0.4 is 5.56 Å². The van der Waals surface area contributed by atoms with E-state index in [1.807, 2.05) is 26.0 Å². The lowest BCUT2D eigenvalue weighted by atomic mass is 10.0. The Hall–Kier alpha value is -2.69. The Bertz CT molecular complexity index is 874. The predicted octanol–water partition coefficient (Wildman–Crippen LogP) is 2.32. The van der Waals surface area contributed by atoms with Crippen molar-refractivity contribution < 1.29 is 4.79 Å². The average Bonchev–Trinajstić information content (AvgIpc) is 2.89. The second-order valence-corrected chi connectivity index (χ2v) is 5.20. The number of hydrogen-bond donors (Lipinski definition) is 0. The van der Waals surface area contributed by atoms with Crippen LogP contribution in [-0.4, -0.2) is 20.0 Å². The van der Waals surface area contributed by atoms with Crippen molar-refractivity contribution >= 4 is 11.3 Å². The van der Waals surface area contributed by atoms with Gasteiger partial charge in [-0.15, -0.1) is 0 Å². The van der Waals surface area contributed by atoms with Gasteiger partial charge in [0.15, 0.2) is 5.78 Å². The van der Waals surface area contributed by atoms with Crippen LogP contribution in [0.25, 0.3) is 11.2 Å². The van der Waals surface area contributed by atoms with Gasteiger partial charge in [-0.2, -0.15) is 5.10 Å². The Morgan fingerprint density at radius 1 is 1.19 bits per heavy atom. The molecule has 0 saturated heterocycles. The molecule has 0 aliphatic heterocycles. The zero-order valence-electron chi connectivity index (χ0n) is 11.9. The first-order valence-electron chi connectivity index (χ1n) is 6.77. The summed E-state index contributed by atoms with van der Waals surface area (Å²) in [5.74, 6) is -0.0101. The Kier molecular flexibility index (Phi) is 3.17. The van der Waals surface area contributed by atoms with Crippen LogP contribution in [0.1, 0.15) is 24.2 Å². The van der Waals surface area contributed by atoms with Crippen molar-refractivity contribution in [3.8, 4) is 5.69 Å². The van der Waals surface area contributed by atoms with E-state index in [0.29, 0.717) is 11.3 Å². The maximum absolute atomic E-state index is 12.1. The first kappa shape index (κ1) is 13.3. The van der Waals surface area contributed by atoms with Crippen LogP contribution in [0.2, 0.25) is 0 Å². The molecule has 0 amide bonds. The normalized spacial score (nSPS) is 11.2. The Labute approximate surface area is 121 Å². The van der Waals surface area contributed by atoms with Gasteiger partial charge in [0.05, 0.1) is 29.2 Å². The molecule has 21 heavy (non-hydrogen) atoms. The minimum Gasteiger partial charge on any atom is -0.294 e. The maximum atomic E-state index is 12.1. The first-order valence-corrected chi connectivity index (χ1v) is 6.77. The molecule has 0 spiro atoms. The minimum absolute atomic E-state index is 0.0645. The average molecular weight is 281 g/mol. The van der Waals surface area contributed by atoms with Crippen LogP contribution in [0.3, 0.4) is 0 Å². The molecule has 0 aliphatic carbocycles. The van der Waals surface area contributed by atoms with Crippen LogP contribution in [0, 0.1) is 5.92 Å². The van der Waals surface area contributed by atoms with Gasteiger partial charge in [0, 0.05) is 18.2 Å². The number of pyridine rings is 2. The molecule has 5 heteroatoms. The lowest BCUT2D eigenvalue weighted by molar-refractivity contribution is 0.0941. The summed E-state index contributed by atoms with van der Waals surface area (Å²) in [6.45, 7) is 3.73. The summed E-state index contributed by atoms with van der Waals surface area (Å²) < 4.78 is 3.16. The third kappa shape index (κ3) is 2.27. The van der Waals surface area contributed by atoms with Gasteiger partial charge in [0.2, 0.25) is 0 Å². The van der Waals surface area contributed by atoms with Gasteiger partial charge in [0.1, 0.15) is 0 Å². The van der Waals surface area contributed by atoms with Crippen LogP contribution in [0.5, 0.6) is 0 Å². The van der Waals surface area contributed by atoms with Gasteiger partial charge in [-0.1, -0.05) is 19.9 Å². The molecular formula is C16H15N3O2. The van der Waals surface area contributed by atoms with Crippen LogP contribution >= 0.6 is 0 Å². The molecule has 0 N–H and O–H groups in total. The number of carbonyl (C=O) groups is 1. The maximum Gasteiger partial charge on any atom is 0.255 e. The summed E-state index contributed by atoms with van der Waals surface area (Å²) in [7, 11) is 0. The molecule has 0 radical (unpaired) electrons. The summed E-state index contributed by atoms with van der Waals surface area (Å²) in [4.78, 5) is 24.0. The fourth-order valence-electron chi connectivity index (χ4n) is 2.26. The highest BCUT2D eigenvalue weighted by atomic mass is 16.1. The number of hydrogen-bond acceptors (Lipinski definition) is 3. The van der Waals surface area contributed by atoms with E-state index in [0.717, 1.165) is 5.52 Å². The first-order chi connectivity index (χ1) is 10.1. The molecule has 106 valence electrons. The summed E-state index contributed by atoms with van der Waals surface area (Å²) in [6.07, 6.45) is 5.02. The molecular weight excluding hydrogens is 266 g/mol. The van der Waals surface area contributed by atoms with E-state index in [1.165, 1.54) is 10.6 Å². The fraction of sp³-hybridized carbons (Fsp3) is 0.188. The highest BCUT2D eigenvalue weighted by Crippen LogP contribution is 2.17. The van der Waals surface area contributed by atoms with E-state index in [1.54, 1.807) is 35.2 Å². The van der Waals surface area contributed by atoms with Crippen molar-refractivity contribution in [3.63, 3.8) is 0 Å². The quantitative estimate of drug-likeness (QED) is 0.692. The molecule has 0 saturated carbocycles. The molecule has 0 fully saturated rings. The van der Waals surface area contributed by atoms with Crippen molar-refractivity contribution in [2.75, 3.05) is 0 Å². The third-order valence-electron chi connectivity index (χ3n) is 3.39. The zero-order valence-corrected chi connectivity index (χ0v) is 11.9. The highest BCUT2D eigenvalue weighted by molar-refractivity contribution is 6.03. The lowest BCUT2D eigenvalue weighted by Crippen LogP contribution is -2.16. The van der Waals surface area contributed by atoms with E-state index < -0.39 is 0 Å². The Balaban J connectivity index is 2.13. The van der Waals surface area contributed by atoms with Gasteiger partial charge in [-0.05, 0) is 18.2 Å². The highest BCUT2D eigenvalue weighted by Gasteiger charge is 2.16. The van der Waals surface area contributed by atoms with E-state index in [-0.39, 0.29) is 17.3 Å². The number of ketones is 1. The van der Waals surface area contributed by atoms with Gasteiger partial charge < -0.3 is 0 Å². The molecule has 0 unspecified atom stereocenters. The van der Waals surface area contributed by atoms with Crippen molar-refractivity contribution in [2.45, 2.75) is 13.8 Å². The second kappa shape index (κ2) is 5.01. The summed E-state index contributed by atoms with van der Waals surface area (Å²) in [6, 6.07) is 8.63. The molecule has 3 heterocycles. The predicted molar refractivity (Wildman–Crippen MR) is 80.0 cm³/mol. The van der Waals surface area contributed by atoms with Gasteiger partial charge in [-0.25, -0.2) is 4.52 Å². The summed E-state index contributed by atoms with van der Waals surface area (Å²) in [5.41, 5.74) is 1.96. The van der Waals surface area contributed by atoms with Gasteiger partial charge in [-0.3, -0.25) is 14.2 Å². The number of nitrogens with zero attached hydrogens (tertiary/aromatic N) is 3. The van der Waals surface area contributed by atoms with E-state index in [2.05, 4.69) is 5.10 Å². The topological polar surface area (TPSA) is 56.4 Å². The van der Waals surface area contributed by atoms with E-state index in [9.17, 15) is 9.59 Å². The van der Waals surface area contributed by atoms with Crippen LogP contribution in [0.15, 0.2) is 53.7 Å². The molecule has 5 nitrogen and oxygen atoms in total. The Morgan fingerprint density at radius 3 is 2.71 bits per heavy atom. The number of carbonyl (C=O) groups excluding carboxylic acids is 1. The summed E-state index contributed by atoms with van der Waals surface area (Å²) in [5, 5.41) is 4.22. The van der Waals surface area contributed by atoms with E-state index in [4.69, 9.17) is 0 Å². The van der Waals surface area contributed by atoms with Gasteiger partial charge >= 0.3 is 0 Å². The standard InChI is InChI=1S/C16H15N3O2/c1-11(2)16(21)13-9-17-19-10-12(6-7-14(13)19)18-8-4-3-5-15(18)20/h3-11H,1-2H3. The summed E-state index contributed by atoms with van der Waals surface area (Å²) >= 11 is 0. The monoisotopic (exact) mass is 281 g/mol. The molecule has 3 aromatic rings. The van der Waals surface area contributed by atoms with Crippen LogP contribution in [0.4, 0.5) is 0 Å². The van der Waals surface area contributed by atoms with Crippen molar-refractivity contribution in [3.05, 3.63) is 64.8 Å². The number of Topliss-reactive ketones (excluding diaryl/α,β-unsaturated/α-hetero) is 1. The van der Waals surface area contributed by atoms with Gasteiger partial charge in [0.25, 0.3) is 5.56 Å². The molecule has 0 aliphatic rings. The molecule has 0 aromatic carbocycles.